The molecule has 0 spiro atoms. The first-order chi connectivity index (χ1) is 9.19. The predicted octanol–water partition coefficient (Wildman–Crippen LogP) is 1.07. The van der Waals surface area contributed by atoms with Crippen molar-refractivity contribution in [1.82, 2.24) is 15.5 Å². The van der Waals surface area contributed by atoms with Crippen LogP contribution >= 0.6 is 0 Å². The lowest BCUT2D eigenvalue weighted by atomic mass is 10.2. The van der Waals surface area contributed by atoms with Gasteiger partial charge in [-0.25, -0.2) is 0 Å². The van der Waals surface area contributed by atoms with Gasteiger partial charge in [0.2, 0.25) is 0 Å². The highest BCUT2D eigenvalue weighted by Crippen LogP contribution is 2.18. The van der Waals surface area contributed by atoms with Gasteiger partial charge in [0, 0.05) is 6.54 Å². The number of rotatable bonds is 6. The van der Waals surface area contributed by atoms with Gasteiger partial charge in [-0.1, -0.05) is 5.92 Å². The molecule has 0 saturated carbocycles. The number of nitrogens with one attached hydrogen (secondary N) is 2. The maximum absolute atomic E-state index is 5.45. The molecule has 2 N–H and O–H groups in total. The lowest BCUT2D eigenvalue weighted by molar-refractivity contribution is 0.265. The Kier molecular flexibility index (Phi) is 6.55. The molecule has 0 aromatic carbocycles. The molecule has 104 valence electrons. The Balaban J connectivity index is 2.69. The van der Waals surface area contributed by atoms with E-state index in [-0.39, 0.29) is 6.04 Å². The third-order valence-corrected chi connectivity index (χ3v) is 2.62. The zero-order valence-corrected chi connectivity index (χ0v) is 11.8. The smallest absolute Gasteiger partial charge is 0.192 e. The van der Waals surface area contributed by atoms with Gasteiger partial charge in [-0.15, -0.1) is 6.42 Å². The molecule has 1 aromatic rings. The second-order valence-corrected chi connectivity index (χ2v) is 4.27. The Hall–Kier alpha value is -1.93. The molecule has 1 unspecified atom stereocenters. The second-order valence-electron chi connectivity index (χ2n) is 4.27. The molecule has 1 heterocycles. The summed E-state index contributed by atoms with van der Waals surface area (Å²) in [6.45, 7) is 3.87. The number of likely N-dealkylation sites (N-methyl/N-ethyl adjacent to an activating group) is 1. The standard InChI is InChI=1S/C14H22N4O/c1-5-9-16-14(15-6-2)17-11-12(18(3)4)13-8-7-10-19-13/h1,7-8,10,12H,6,9,11H2,2-4H3,(H2,15,16,17). The van der Waals surface area contributed by atoms with Crippen LogP contribution in [0.3, 0.4) is 0 Å². The van der Waals surface area contributed by atoms with Crippen LogP contribution in [0.25, 0.3) is 0 Å². The zero-order chi connectivity index (χ0) is 14.1. The molecule has 5 nitrogen and oxygen atoms in total. The monoisotopic (exact) mass is 262 g/mol. The average Bonchev–Trinajstić information content (AvgIpc) is 2.89. The van der Waals surface area contributed by atoms with E-state index in [0.717, 1.165) is 18.3 Å². The fourth-order valence-electron chi connectivity index (χ4n) is 1.64. The van der Waals surface area contributed by atoms with Gasteiger partial charge in [0.25, 0.3) is 0 Å². The van der Waals surface area contributed by atoms with Crippen LogP contribution in [0.1, 0.15) is 18.7 Å². The van der Waals surface area contributed by atoms with Crippen molar-refractivity contribution in [3.63, 3.8) is 0 Å². The van der Waals surface area contributed by atoms with Crippen LogP contribution < -0.4 is 10.6 Å². The van der Waals surface area contributed by atoms with Gasteiger partial charge in [0.15, 0.2) is 5.96 Å². The van der Waals surface area contributed by atoms with Crippen molar-refractivity contribution in [1.29, 1.82) is 0 Å². The third kappa shape index (κ3) is 5.06. The maximum Gasteiger partial charge on any atom is 0.192 e. The summed E-state index contributed by atoms with van der Waals surface area (Å²) in [6.07, 6.45) is 6.91. The highest BCUT2D eigenvalue weighted by molar-refractivity contribution is 5.80. The Morgan fingerprint density at radius 3 is 2.84 bits per heavy atom. The van der Waals surface area contributed by atoms with E-state index in [1.165, 1.54) is 0 Å². The van der Waals surface area contributed by atoms with Crippen LogP contribution in [-0.4, -0.2) is 44.6 Å². The van der Waals surface area contributed by atoms with E-state index in [9.17, 15) is 0 Å². The van der Waals surface area contributed by atoms with Gasteiger partial charge in [-0.2, -0.15) is 0 Å². The lowest BCUT2D eigenvalue weighted by Crippen LogP contribution is -2.38. The summed E-state index contributed by atoms with van der Waals surface area (Å²) in [6, 6.07) is 3.95. The van der Waals surface area contributed by atoms with E-state index in [1.54, 1.807) is 6.26 Å². The fourth-order valence-corrected chi connectivity index (χ4v) is 1.64. The van der Waals surface area contributed by atoms with Crippen molar-refractivity contribution >= 4 is 5.96 Å². The molecule has 1 aromatic heterocycles. The van der Waals surface area contributed by atoms with Crippen molar-refractivity contribution < 1.29 is 4.42 Å². The van der Waals surface area contributed by atoms with Gasteiger partial charge in [0.05, 0.1) is 25.4 Å². The molecule has 0 aliphatic carbocycles. The Morgan fingerprint density at radius 1 is 1.53 bits per heavy atom. The zero-order valence-electron chi connectivity index (χ0n) is 11.8. The molecule has 1 atom stereocenters. The van der Waals surface area contributed by atoms with Crippen LogP contribution in [0.2, 0.25) is 0 Å². The van der Waals surface area contributed by atoms with Crippen LogP contribution in [-0.2, 0) is 0 Å². The first kappa shape index (κ1) is 15.1. The molecule has 0 aliphatic rings. The molecule has 0 bridgehead atoms. The Morgan fingerprint density at radius 2 is 2.32 bits per heavy atom. The Bertz CT molecular complexity index is 417. The average molecular weight is 262 g/mol. The molecule has 5 heteroatoms. The number of furan rings is 1. The molecule has 0 radical (unpaired) electrons. The van der Waals surface area contributed by atoms with Crippen LogP contribution in [0.15, 0.2) is 27.8 Å². The van der Waals surface area contributed by atoms with Crippen LogP contribution in [0.5, 0.6) is 0 Å². The molecule has 0 fully saturated rings. The van der Waals surface area contributed by atoms with Crippen molar-refractivity contribution in [2.45, 2.75) is 13.0 Å². The minimum Gasteiger partial charge on any atom is -0.468 e. The summed E-state index contributed by atoms with van der Waals surface area (Å²) in [5.74, 6) is 4.16. The normalized spacial score (nSPS) is 13.1. The van der Waals surface area contributed by atoms with Gasteiger partial charge in [0.1, 0.15) is 5.76 Å². The third-order valence-electron chi connectivity index (χ3n) is 2.62. The molecule has 0 amide bonds. The second kappa shape index (κ2) is 8.22. The number of hydrogen-bond acceptors (Lipinski definition) is 3. The lowest BCUT2D eigenvalue weighted by Gasteiger charge is -2.21. The van der Waals surface area contributed by atoms with E-state index < -0.39 is 0 Å². The number of hydrogen-bond donors (Lipinski definition) is 2. The number of aliphatic imine (C=N–C) groups is 1. The maximum atomic E-state index is 5.45. The van der Waals surface area contributed by atoms with E-state index in [1.807, 2.05) is 33.2 Å². The molecular weight excluding hydrogens is 240 g/mol. The van der Waals surface area contributed by atoms with E-state index in [2.05, 4.69) is 26.4 Å². The number of terminal acetylenes is 1. The predicted molar refractivity (Wildman–Crippen MR) is 78.0 cm³/mol. The first-order valence-corrected chi connectivity index (χ1v) is 6.34. The molecular formula is C14H22N4O. The fraction of sp³-hybridized carbons (Fsp3) is 0.500. The Labute approximate surface area is 115 Å². The molecule has 0 saturated heterocycles. The van der Waals surface area contributed by atoms with E-state index in [4.69, 9.17) is 10.8 Å². The molecule has 0 aliphatic heterocycles. The quantitative estimate of drug-likeness (QED) is 0.457. The van der Waals surface area contributed by atoms with Crippen LogP contribution in [0, 0.1) is 12.3 Å². The highest BCUT2D eigenvalue weighted by atomic mass is 16.3. The van der Waals surface area contributed by atoms with E-state index >= 15 is 0 Å². The molecule has 1 rings (SSSR count). The number of nitrogens with zero attached hydrogens (tertiary/aromatic N) is 2. The number of guanidine groups is 1. The highest BCUT2D eigenvalue weighted by Gasteiger charge is 2.16. The van der Waals surface area contributed by atoms with Gasteiger partial charge >= 0.3 is 0 Å². The largest absolute Gasteiger partial charge is 0.468 e. The summed E-state index contributed by atoms with van der Waals surface area (Å²) in [7, 11) is 4.01. The van der Waals surface area contributed by atoms with Gasteiger partial charge in [-0.05, 0) is 33.2 Å². The summed E-state index contributed by atoms with van der Waals surface area (Å²) in [5, 5.41) is 6.21. The summed E-state index contributed by atoms with van der Waals surface area (Å²) in [4.78, 5) is 6.60. The van der Waals surface area contributed by atoms with Crippen molar-refractivity contribution in [3.8, 4) is 12.3 Å². The topological polar surface area (TPSA) is 52.8 Å². The van der Waals surface area contributed by atoms with Gasteiger partial charge < -0.3 is 15.1 Å². The van der Waals surface area contributed by atoms with Gasteiger partial charge in [-0.3, -0.25) is 9.89 Å². The molecule has 19 heavy (non-hydrogen) atoms. The van der Waals surface area contributed by atoms with Crippen LogP contribution in [0.4, 0.5) is 0 Å². The summed E-state index contributed by atoms with van der Waals surface area (Å²) >= 11 is 0. The first-order valence-electron chi connectivity index (χ1n) is 6.34. The minimum absolute atomic E-state index is 0.108. The van der Waals surface area contributed by atoms with Crippen molar-refractivity contribution in [2.75, 3.05) is 33.7 Å². The summed E-state index contributed by atoms with van der Waals surface area (Å²) < 4.78 is 5.45. The summed E-state index contributed by atoms with van der Waals surface area (Å²) in [5.41, 5.74) is 0. The van der Waals surface area contributed by atoms with Crippen molar-refractivity contribution in [3.05, 3.63) is 24.2 Å². The van der Waals surface area contributed by atoms with Crippen molar-refractivity contribution in [2.24, 2.45) is 4.99 Å². The minimum atomic E-state index is 0.108. The van der Waals surface area contributed by atoms with E-state index in [0.29, 0.717) is 13.1 Å². The SMILES string of the molecule is C#CCNC(=NCC(c1ccco1)N(C)C)NCC.